The van der Waals surface area contributed by atoms with Gasteiger partial charge in [-0.05, 0) is 51.3 Å². The van der Waals surface area contributed by atoms with Crippen molar-refractivity contribution in [1.82, 2.24) is 14.0 Å². The maximum atomic E-state index is 12.8. The lowest BCUT2D eigenvalue weighted by atomic mass is 10.0. The number of nitrogens with zero attached hydrogens (tertiary/aromatic N) is 3. The minimum absolute atomic E-state index is 0.0856. The van der Waals surface area contributed by atoms with E-state index in [-0.39, 0.29) is 17.3 Å². The van der Waals surface area contributed by atoms with E-state index in [1.807, 2.05) is 41.9 Å². The molecule has 2 aromatic carbocycles. The summed E-state index contributed by atoms with van der Waals surface area (Å²) in [5.74, 6) is 1.59. The van der Waals surface area contributed by atoms with Crippen molar-refractivity contribution in [2.75, 3.05) is 26.2 Å². The molecule has 0 N–H and O–H groups in total. The number of para-hydroxylation sites is 2. The van der Waals surface area contributed by atoms with Gasteiger partial charge in [0.05, 0.1) is 17.6 Å². The Hall–Kier alpha value is -2.44. The van der Waals surface area contributed by atoms with E-state index in [9.17, 15) is 4.79 Å². The Kier molecular flexibility index (Phi) is 5.91. The van der Waals surface area contributed by atoms with Crippen LogP contribution < -0.4 is 15.2 Å². The van der Waals surface area contributed by atoms with Crippen molar-refractivity contribution in [3.05, 3.63) is 57.5 Å². The maximum absolute atomic E-state index is 12.8. The molecule has 0 radical (unpaired) electrons. The lowest BCUT2D eigenvalue weighted by Crippen LogP contribution is -2.38. The van der Waals surface area contributed by atoms with E-state index in [2.05, 4.69) is 24.8 Å². The van der Waals surface area contributed by atoms with Crippen LogP contribution in [-0.2, 0) is 13.5 Å². The molecule has 3 aromatic rings. The van der Waals surface area contributed by atoms with Crippen molar-refractivity contribution < 1.29 is 9.47 Å². The number of rotatable bonds is 6. The molecule has 0 unspecified atom stereocenters. The van der Waals surface area contributed by atoms with E-state index in [1.165, 1.54) is 0 Å². The molecule has 0 amide bonds. The first-order valence-electron chi connectivity index (χ1n) is 11.8. The molecule has 2 aliphatic rings. The third-order valence-corrected chi connectivity index (χ3v) is 7.10. The minimum Gasteiger partial charge on any atom is -0.490 e. The molecule has 0 aliphatic carbocycles. The number of fused-ring (bicyclic) bond motifs is 2. The Bertz CT molecular complexity index is 1220. The topological polar surface area (TPSA) is 48.6 Å². The predicted octanol–water partition coefficient (Wildman–Crippen LogP) is 4.81. The summed E-state index contributed by atoms with van der Waals surface area (Å²) >= 11 is 6.30. The molecule has 33 heavy (non-hydrogen) atoms. The first-order chi connectivity index (χ1) is 15.8. The second-order valence-corrected chi connectivity index (χ2v) is 10.3. The zero-order valence-electron chi connectivity index (χ0n) is 19.6. The second kappa shape index (κ2) is 8.73. The molecular weight excluding hydrogens is 438 g/mol. The van der Waals surface area contributed by atoms with Crippen molar-refractivity contribution in [2.24, 2.45) is 7.05 Å². The van der Waals surface area contributed by atoms with Crippen LogP contribution in [0.1, 0.15) is 44.7 Å². The summed E-state index contributed by atoms with van der Waals surface area (Å²) in [6.45, 7) is 7.75. The van der Waals surface area contributed by atoms with Gasteiger partial charge in [-0.3, -0.25) is 9.13 Å². The molecule has 6 nitrogen and oxygen atoms in total. The fourth-order valence-corrected chi connectivity index (χ4v) is 5.52. The highest BCUT2D eigenvalue weighted by atomic mass is 35.5. The molecule has 0 saturated carbocycles. The van der Waals surface area contributed by atoms with Gasteiger partial charge in [-0.15, -0.1) is 0 Å². The standard InChI is InChI=1S/C26H32ClN3O3/c1-26(2)17-18-15-19(27)16-23(24(18)33-26)32-14-6-11-29-12-9-20(10-13-29)30-22-8-5-4-7-21(22)28(3)25(30)31/h4-5,7-8,15-16,20H,6,9-14,17H2,1-3H3. The summed E-state index contributed by atoms with van der Waals surface area (Å²) < 4.78 is 15.9. The first kappa shape index (κ1) is 22.4. The molecule has 0 atom stereocenters. The summed E-state index contributed by atoms with van der Waals surface area (Å²) in [7, 11) is 1.86. The summed E-state index contributed by atoms with van der Waals surface area (Å²) in [6.07, 6.45) is 3.75. The number of benzene rings is 2. The fourth-order valence-electron chi connectivity index (χ4n) is 5.29. The zero-order chi connectivity index (χ0) is 23.2. The van der Waals surface area contributed by atoms with Gasteiger partial charge >= 0.3 is 5.69 Å². The van der Waals surface area contributed by atoms with Crippen molar-refractivity contribution in [3.8, 4) is 11.5 Å². The van der Waals surface area contributed by atoms with Crippen molar-refractivity contribution >= 4 is 22.6 Å². The Morgan fingerprint density at radius 2 is 1.88 bits per heavy atom. The highest BCUT2D eigenvalue weighted by Gasteiger charge is 2.33. The minimum atomic E-state index is -0.221. The Balaban J connectivity index is 1.14. The largest absolute Gasteiger partial charge is 0.490 e. The van der Waals surface area contributed by atoms with Crippen LogP contribution in [0.15, 0.2) is 41.2 Å². The van der Waals surface area contributed by atoms with Gasteiger partial charge in [0.1, 0.15) is 5.60 Å². The summed E-state index contributed by atoms with van der Waals surface area (Å²) in [4.78, 5) is 15.3. The smallest absolute Gasteiger partial charge is 0.329 e. The third kappa shape index (κ3) is 4.38. The number of likely N-dealkylation sites (tertiary alicyclic amines) is 1. The molecule has 2 aliphatic heterocycles. The molecule has 1 aromatic heterocycles. The fraction of sp³-hybridized carbons (Fsp3) is 0.500. The van der Waals surface area contributed by atoms with Crippen LogP contribution in [0.25, 0.3) is 11.0 Å². The molecule has 3 heterocycles. The molecule has 7 heteroatoms. The van der Waals surface area contributed by atoms with Gasteiger partial charge in [0, 0.05) is 55.8 Å². The number of imidazole rings is 1. The maximum Gasteiger partial charge on any atom is 0.329 e. The van der Waals surface area contributed by atoms with Crippen LogP contribution in [-0.4, -0.2) is 45.9 Å². The van der Waals surface area contributed by atoms with Gasteiger partial charge in [0.25, 0.3) is 0 Å². The number of hydrogen-bond donors (Lipinski definition) is 0. The average molecular weight is 470 g/mol. The van der Waals surface area contributed by atoms with Crippen molar-refractivity contribution in [2.45, 2.75) is 51.2 Å². The molecule has 176 valence electrons. The zero-order valence-corrected chi connectivity index (χ0v) is 20.4. The van der Waals surface area contributed by atoms with Gasteiger partial charge < -0.3 is 14.4 Å². The summed E-state index contributed by atoms with van der Waals surface area (Å²) in [6, 6.07) is 12.2. The van der Waals surface area contributed by atoms with E-state index in [0.717, 1.165) is 73.4 Å². The van der Waals surface area contributed by atoms with Crippen LogP contribution >= 0.6 is 11.6 Å². The van der Waals surface area contributed by atoms with E-state index in [4.69, 9.17) is 21.1 Å². The van der Waals surface area contributed by atoms with Gasteiger partial charge in [-0.25, -0.2) is 4.79 Å². The van der Waals surface area contributed by atoms with Crippen LogP contribution in [0.4, 0.5) is 0 Å². The molecule has 5 rings (SSSR count). The predicted molar refractivity (Wildman–Crippen MR) is 132 cm³/mol. The number of aromatic nitrogens is 2. The Morgan fingerprint density at radius 1 is 1.15 bits per heavy atom. The number of piperidine rings is 1. The Morgan fingerprint density at radius 3 is 2.64 bits per heavy atom. The van der Waals surface area contributed by atoms with Crippen molar-refractivity contribution in [1.29, 1.82) is 0 Å². The normalized spacial score (nSPS) is 18.4. The molecule has 1 fully saturated rings. The third-order valence-electron chi connectivity index (χ3n) is 6.89. The number of halogens is 1. The van der Waals surface area contributed by atoms with Gasteiger partial charge in [0.2, 0.25) is 0 Å². The van der Waals surface area contributed by atoms with Crippen LogP contribution in [0.3, 0.4) is 0 Å². The van der Waals surface area contributed by atoms with E-state index in [0.29, 0.717) is 11.6 Å². The van der Waals surface area contributed by atoms with Gasteiger partial charge in [-0.1, -0.05) is 23.7 Å². The first-order valence-corrected chi connectivity index (χ1v) is 12.2. The highest BCUT2D eigenvalue weighted by Crippen LogP contribution is 2.43. The molecule has 0 bridgehead atoms. The summed E-state index contributed by atoms with van der Waals surface area (Å²) in [5, 5.41) is 0.691. The lowest BCUT2D eigenvalue weighted by molar-refractivity contribution is 0.130. The van der Waals surface area contributed by atoms with Crippen LogP contribution in [0, 0.1) is 0 Å². The van der Waals surface area contributed by atoms with Crippen molar-refractivity contribution in [3.63, 3.8) is 0 Å². The average Bonchev–Trinajstić information content (AvgIpc) is 3.24. The van der Waals surface area contributed by atoms with E-state index < -0.39 is 0 Å². The van der Waals surface area contributed by atoms with E-state index >= 15 is 0 Å². The lowest BCUT2D eigenvalue weighted by Gasteiger charge is -2.32. The summed E-state index contributed by atoms with van der Waals surface area (Å²) in [5.41, 5.74) is 3.02. The molecule has 1 saturated heterocycles. The monoisotopic (exact) mass is 469 g/mol. The second-order valence-electron chi connectivity index (χ2n) is 9.91. The van der Waals surface area contributed by atoms with Gasteiger partial charge in [-0.2, -0.15) is 0 Å². The number of hydrogen-bond acceptors (Lipinski definition) is 4. The molecule has 0 spiro atoms. The van der Waals surface area contributed by atoms with Crippen LogP contribution in [0.2, 0.25) is 5.02 Å². The number of aryl methyl sites for hydroxylation is 1. The SMILES string of the molecule is Cn1c(=O)n(C2CCN(CCCOc3cc(Cl)cc4c3OC(C)(C)C4)CC2)c2ccccc21. The Labute approximate surface area is 199 Å². The highest BCUT2D eigenvalue weighted by molar-refractivity contribution is 6.30. The van der Waals surface area contributed by atoms with E-state index in [1.54, 1.807) is 4.57 Å². The number of ether oxygens (including phenoxy) is 2. The quantitative estimate of drug-likeness (QED) is 0.486. The van der Waals surface area contributed by atoms with Gasteiger partial charge in [0.15, 0.2) is 11.5 Å². The molecular formula is C26H32ClN3O3. The van der Waals surface area contributed by atoms with Crippen LogP contribution in [0.5, 0.6) is 11.5 Å².